The van der Waals surface area contributed by atoms with Crippen LogP contribution >= 0.6 is 0 Å². The minimum Gasteiger partial charge on any atom is -0.426 e. The molecule has 1 saturated carbocycles. The topological polar surface area (TPSA) is 39.2 Å². The van der Waals surface area contributed by atoms with Crippen LogP contribution in [-0.2, 0) is 11.2 Å². The van der Waals surface area contributed by atoms with Gasteiger partial charge in [-0.05, 0) is 67.5 Å². The highest BCUT2D eigenvalue weighted by molar-refractivity contribution is 5.76. The van der Waals surface area contributed by atoms with Gasteiger partial charge in [-0.2, -0.15) is 0 Å². The summed E-state index contributed by atoms with van der Waals surface area (Å²) in [5.41, 5.74) is 3.32. The number of rotatable bonds is 12. The molecule has 1 fully saturated rings. The van der Waals surface area contributed by atoms with E-state index >= 15 is 0 Å². The summed E-state index contributed by atoms with van der Waals surface area (Å²) in [5.74, 6) is 1.35. The van der Waals surface area contributed by atoms with E-state index in [9.17, 15) is 4.79 Å². The number of aromatic nitrogens is 1. The Morgan fingerprint density at radius 1 is 0.933 bits per heavy atom. The molecule has 0 saturated heterocycles. The van der Waals surface area contributed by atoms with Gasteiger partial charge in [0.25, 0.3) is 0 Å². The zero-order chi connectivity index (χ0) is 21.2. The fraction of sp³-hybridized carbons (Fsp3) is 0.556. The van der Waals surface area contributed by atoms with Crippen LogP contribution in [0, 0.1) is 11.8 Å². The number of hydrogen-bond acceptors (Lipinski definition) is 3. The first-order chi connectivity index (χ1) is 14.7. The van der Waals surface area contributed by atoms with Crippen LogP contribution < -0.4 is 4.74 Å². The zero-order valence-corrected chi connectivity index (χ0v) is 18.7. The molecule has 3 heteroatoms. The van der Waals surface area contributed by atoms with Crippen molar-refractivity contribution in [2.24, 2.45) is 11.8 Å². The van der Waals surface area contributed by atoms with Gasteiger partial charge < -0.3 is 4.74 Å². The Bertz CT molecular complexity index is 760. The number of aryl methyl sites for hydroxylation is 1. The highest BCUT2D eigenvalue weighted by atomic mass is 16.5. The molecule has 0 radical (unpaired) electrons. The molecule has 3 rings (SSSR count). The van der Waals surface area contributed by atoms with E-state index in [0.29, 0.717) is 11.7 Å². The summed E-state index contributed by atoms with van der Waals surface area (Å²) < 4.78 is 5.57. The van der Waals surface area contributed by atoms with E-state index in [1.165, 1.54) is 56.9 Å². The number of unbranched alkanes of at least 4 members (excludes halogenated alkanes) is 5. The highest BCUT2D eigenvalue weighted by Gasteiger charge is 2.35. The van der Waals surface area contributed by atoms with Gasteiger partial charge in [0, 0.05) is 11.8 Å². The molecule has 1 aromatic heterocycles. The summed E-state index contributed by atoms with van der Waals surface area (Å²) in [7, 11) is 0. The van der Waals surface area contributed by atoms with Gasteiger partial charge in [0.2, 0.25) is 0 Å². The third-order valence-corrected chi connectivity index (χ3v) is 6.28. The first-order valence-corrected chi connectivity index (χ1v) is 12.0. The monoisotopic (exact) mass is 407 g/mol. The maximum absolute atomic E-state index is 12.3. The normalized spacial score (nSPS) is 18.1. The van der Waals surface area contributed by atoms with Gasteiger partial charge in [-0.3, -0.25) is 9.78 Å². The average molecular weight is 408 g/mol. The van der Waals surface area contributed by atoms with Gasteiger partial charge in [0.1, 0.15) is 5.75 Å². The van der Waals surface area contributed by atoms with Crippen LogP contribution in [0.15, 0.2) is 42.6 Å². The SMILES string of the molecule is CCCCCCCCc1ccc(-c2ccc(OC(=O)C3CC(CCC)C3)cc2)nc1. The molecule has 1 aliphatic rings. The Kier molecular flexibility index (Phi) is 8.92. The first-order valence-electron chi connectivity index (χ1n) is 12.0. The van der Waals surface area contributed by atoms with E-state index in [2.05, 4.69) is 31.0 Å². The lowest BCUT2D eigenvalue weighted by atomic mass is 9.73. The number of carbonyl (C=O) groups excluding carboxylic acids is 1. The maximum Gasteiger partial charge on any atom is 0.314 e. The van der Waals surface area contributed by atoms with Crippen molar-refractivity contribution in [2.45, 2.75) is 84.5 Å². The molecule has 30 heavy (non-hydrogen) atoms. The molecule has 0 spiro atoms. The number of esters is 1. The van der Waals surface area contributed by atoms with Gasteiger partial charge in [0.15, 0.2) is 0 Å². The van der Waals surface area contributed by atoms with Crippen molar-refractivity contribution in [3.05, 3.63) is 48.2 Å². The van der Waals surface area contributed by atoms with Crippen LogP contribution in [0.3, 0.4) is 0 Å². The molecule has 0 atom stereocenters. The van der Waals surface area contributed by atoms with Gasteiger partial charge in [-0.25, -0.2) is 0 Å². The fourth-order valence-corrected chi connectivity index (χ4v) is 4.32. The lowest BCUT2D eigenvalue weighted by Gasteiger charge is -2.33. The van der Waals surface area contributed by atoms with Crippen LogP contribution in [-0.4, -0.2) is 11.0 Å². The Balaban J connectivity index is 1.43. The lowest BCUT2D eigenvalue weighted by Crippen LogP contribution is -2.33. The van der Waals surface area contributed by atoms with E-state index in [0.717, 1.165) is 30.5 Å². The summed E-state index contributed by atoms with van der Waals surface area (Å²) in [6.07, 6.45) is 15.4. The smallest absolute Gasteiger partial charge is 0.314 e. The van der Waals surface area contributed by atoms with Crippen LogP contribution in [0.2, 0.25) is 0 Å². The summed E-state index contributed by atoms with van der Waals surface area (Å²) in [5, 5.41) is 0. The Morgan fingerprint density at radius 3 is 2.33 bits per heavy atom. The largest absolute Gasteiger partial charge is 0.426 e. The number of benzene rings is 1. The summed E-state index contributed by atoms with van der Waals surface area (Å²) >= 11 is 0. The van der Waals surface area contributed by atoms with Crippen molar-refractivity contribution in [3.63, 3.8) is 0 Å². The zero-order valence-electron chi connectivity index (χ0n) is 18.7. The number of ether oxygens (including phenoxy) is 1. The van der Waals surface area contributed by atoms with E-state index in [1.807, 2.05) is 30.5 Å². The summed E-state index contributed by atoms with van der Waals surface area (Å²) in [4.78, 5) is 16.9. The third-order valence-electron chi connectivity index (χ3n) is 6.28. The second-order valence-corrected chi connectivity index (χ2v) is 8.84. The molecule has 0 amide bonds. The van der Waals surface area contributed by atoms with Crippen molar-refractivity contribution in [1.82, 2.24) is 4.98 Å². The molecular weight excluding hydrogens is 370 g/mol. The molecule has 0 unspecified atom stereocenters. The highest BCUT2D eigenvalue weighted by Crippen LogP contribution is 2.37. The van der Waals surface area contributed by atoms with Gasteiger partial charge >= 0.3 is 5.97 Å². The van der Waals surface area contributed by atoms with E-state index in [1.54, 1.807) is 0 Å². The second-order valence-electron chi connectivity index (χ2n) is 8.84. The molecule has 3 nitrogen and oxygen atoms in total. The predicted octanol–water partition coefficient (Wildman–Crippen LogP) is 7.38. The molecule has 1 heterocycles. The second kappa shape index (κ2) is 11.9. The van der Waals surface area contributed by atoms with Crippen molar-refractivity contribution >= 4 is 5.97 Å². The molecule has 162 valence electrons. The quantitative estimate of drug-likeness (QED) is 0.209. The van der Waals surface area contributed by atoms with Gasteiger partial charge in [0.05, 0.1) is 11.6 Å². The number of hydrogen-bond donors (Lipinski definition) is 0. The van der Waals surface area contributed by atoms with Crippen molar-refractivity contribution in [3.8, 4) is 17.0 Å². The number of pyridine rings is 1. The summed E-state index contributed by atoms with van der Waals surface area (Å²) in [6, 6.07) is 12.0. The minimum absolute atomic E-state index is 0.0766. The van der Waals surface area contributed by atoms with Crippen LogP contribution in [0.25, 0.3) is 11.3 Å². The molecular formula is C27H37NO2. The van der Waals surface area contributed by atoms with Gasteiger partial charge in [-0.1, -0.05) is 64.9 Å². The Labute approximate surface area is 182 Å². The first kappa shape index (κ1) is 22.5. The molecule has 1 aromatic carbocycles. The molecule has 2 aromatic rings. The van der Waals surface area contributed by atoms with Crippen molar-refractivity contribution in [2.75, 3.05) is 0 Å². The number of carbonyl (C=O) groups is 1. The molecule has 1 aliphatic carbocycles. The van der Waals surface area contributed by atoms with E-state index in [4.69, 9.17) is 4.74 Å². The fourth-order valence-electron chi connectivity index (χ4n) is 4.32. The predicted molar refractivity (Wildman–Crippen MR) is 124 cm³/mol. The minimum atomic E-state index is -0.0766. The van der Waals surface area contributed by atoms with Crippen molar-refractivity contribution in [1.29, 1.82) is 0 Å². The molecule has 0 bridgehead atoms. The van der Waals surface area contributed by atoms with Crippen LogP contribution in [0.5, 0.6) is 5.75 Å². The van der Waals surface area contributed by atoms with Crippen molar-refractivity contribution < 1.29 is 9.53 Å². The molecule has 0 N–H and O–H groups in total. The third kappa shape index (κ3) is 6.68. The Morgan fingerprint density at radius 2 is 1.67 bits per heavy atom. The number of nitrogens with zero attached hydrogens (tertiary/aromatic N) is 1. The van der Waals surface area contributed by atoms with Crippen LogP contribution in [0.4, 0.5) is 0 Å². The van der Waals surface area contributed by atoms with E-state index in [-0.39, 0.29) is 11.9 Å². The lowest BCUT2D eigenvalue weighted by molar-refractivity contribution is -0.143. The van der Waals surface area contributed by atoms with E-state index < -0.39 is 0 Å². The average Bonchev–Trinajstić information content (AvgIpc) is 2.74. The summed E-state index contributed by atoms with van der Waals surface area (Å²) in [6.45, 7) is 4.45. The van der Waals surface area contributed by atoms with Gasteiger partial charge in [-0.15, -0.1) is 0 Å². The Hall–Kier alpha value is -2.16. The van der Waals surface area contributed by atoms with Crippen LogP contribution in [0.1, 0.15) is 83.6 Å². The molecule has 0 aliphatic heterocycles. The maximum atomic E-state index is 12.3. The standard InChI is InChI=1S/C27H37NO2/c1-3-5-6-7-8-9-11-21-12-17-26(28-20-21)23-13-15-25(16-14-23)30-27(29)24-18-22(19-24)10-4-2/h12-17,20,22,24H,3-11,18-19H2,1-2H3.